The molecule has 1 N–H and O–H groups in total. The van der Waals surface area contributed by atoms with Gasteiger partial charge in [-0.25, -0.2) is 9.18 Å². The van der Waals surface area contributed by atoms with Crippen molar-refractivity contribution >= 4 is 17.7 Å². The number of ether oxygens (including phenoxy) is 1. The van der Waals surface area contributed by atoms with Crippen molar-refractivity contribution in [3.63, 3.8) is 0 Å². The standard InChI is InChI=1S/C16H18FNO4/c1-22-16(21)14(10-5-4-6-11(19)9-10)18-15(20)12-7-2-3-8-13(12)17/h2-3,7-8,10,14H,4-6,9H2,1H3,(H,18,20)/t10-,14-/m1/s1. The van der Waals surface area contributed by atoms with Crippen LogP contribution in [0.4, 0.5) is 4.39 Å². The third kappa shape index (κ3) is 3.69. The molecular formula is C16H18FNO4. The summed E-state index contributed by atoms with van der Waals surface area (Å²) < 4.78 is 18.4. The highest BCUT2D eigenvalue weighted by molar-refractivity contribution is 5.97. The highest BCUT2D eigenvalue weighted by Gasteiger charge is 2.34. The summed E-state index contributed by atoms with van der Waals surface area (Å²) >= 11 is 0. The van der Waals surface area contributed by atoms with Crippen LogP contribution in [0, 0.1) is 11.7 Å². The molecule has 2 rings (SSSR count). The minimum Gasteiger partial charge on any atom is -0.467 e. The van der Waals surface area contributed by atoms with E-state index in [1.165, 1.54) is 31.4 Å². The van der Waals surface area contributed by atoms with E-state index in [0.29, 0.717) is 19.3 Å². The fraction of sp³-hybridized carbons (Fsp3) is 0.438. The molecule has 1 aliphatic rings. The fourth-order valence-corrected chi connectivity index (χ4v) is 2.70. The summed E-state index contributed by atoms with van der Waals surface area (Å²) in [6.07, 6.45) is 2.03. The number of benzene rings is 1. The van der Waals surface area contributed by atoms with Crippen molar-refractivity contribution in [2.75, 3.05) is 7.11 Å². The second-order valence-electron chi connectivity index (χ2n) is 5.35. The molecule has 0 spiro atoms. The number of nitrogens with one attached hydrogen (secondary N) is 1. The van der Waals surface area contributed by atoms with Crippen LogP contribution in [0.3, 0.4) is 0 Å². The molecule has 1 aromatic carbocycles. The van der Waals surface area contributed by atoms with Gasteiger partial charge in [-0.3, -0.25) is 9.59 Å². The average Bonchev–Trinajstić information content (AvgIpc) is 2.52. The Kier molecular flexibility index (Phi) is 5.25. The molecule has 1 amide bonds. The molecule has 118 valence electrons. The van der Waals surface area contributed by atoms with Crippen LogP contribution in [-0.2, 0) is 14.3 Å². The predicted octanol–water partition coefficient (Wildman–Crippen LogP) is 1.86. The van der Waals surface area contributed by atoms with E-state index in [4.69, 9.17) is 4.74 Å². The van der Waals surface area contributed by atoms with E-state index in [0.717, 1.165) is 0 Å². The molecule has 0 aliphatic heterocycles. The Morgan fingerprint density at radius 3 is 2.73 bits per heavy atom. The van der Waals surface area contributed by atoms with Gasteiger partial charge in [-0.05, 0) is 30.9 Å². The number of carbonyl (C=O) groups is 3. The van der Waals surface area contributed by atoms with Crippen molar-refractivity contribution in [3.05, 3.63) is 35.6 Å². The number of esters is 1. The van der Waals surface area contributed by atoms with Gasteiger partial charge in [-0.1, -0.05) is 12.1 Å². The Morgan fingerprint density at radius 1 is 1.36 bits per heavy atom. The fourth-order valence-electron chi connectivity index (χ4n) is 2.70. The summed E-state index contributed by atoms with van der Waals surface area (Å²) in [5, 5.41) is 2.51. The zero-order valence-corrected chi connectivity index (χ0v) is 12.3. The third-order valence-corrected chi connectivity index (χ3v) is 3.85. The molecule has 1 fully saturated rings. The highest BCUT2D eigenvalue weighted by Crippen LogP contribution is 2.25. The summed E-state index contributed by atoms with van der Waals surface area (Å²) in [4.78, 5) is 35.7. The van der Waals surface area contributed by atoms with E-state index in [2.05, 4.69) is 5.32 Å². The van der Waals surface area contributed by atoms with Crippen LogP contribution in [0.25, 0.3) is 0 Å². The Balaban J connectivity index is 2.16. The summed E-state index contributed by atoms with van der Waals surface area (Å²) in [5.41, 5.74) is -0.140. The first-order chi connectivity index (χ1) is 10.5. The monoisotopic (exact) mass is 307 g/mol. The molecule has 1 aliphatic carbocycles. The van der Waals surface area contributed by atoms with E-state index >= 15 is 0 Å². The maximum atomic E-state index is 13.6. The molecule has 1 aromatic rings. The Bertz CT molecular complexity index is 587. The van der Waals surface area contributed by atoms with Gasteiger partial charge >= 0.3 is 5.97 Å². The molecule has 6 heteroatoms. The number of methoxy groups -OCH3 is 1. The van der Waals surface area contributed by atoms with E-state index < -0.39 is 23.7 Å². The Labute approximate surface area is 127 Å². The predicted molar refractivity (Wildman–Crippen MR) is 76.6 cm³/mol. The van der Waals surface area contributed by atoms with Gasteiger partial charge in [0.15, 0.2) is 0 Å². The molecule has 0 bridgehead atoms. The van der Waals surface area contributed by atoms with Crippen LogP contribution in [0.5, 0.6) is 0 Å². The van der Waals surface area contributed by atoms with Gasteiger partial charge < -0.3 is 10.1 Å². The van der Waals surface area contributed by atoms with Gasteiger partial charge in [-0.15, -0.1) is 0 Å². The molecule has 1 saturated carbocycles. The second kappa shape index (κ2) is 7.15. The summed E-state index contributed by atoms with van der Waals surface area (Å²) in [5.74, 6) is -2.23. The summed E-state index contributed by atoms with van der Waals surface area (Å²) in [6.45, 7) is 0. The molecular weight excluding hydrogens is 289 g/mol. The number of carbonyl (C=O) groups excluding carboxylic acids is 3. The number of ketones is 1. The first-order valence-electron chi connectivity index (χ1n) is 7.18. The van der Waals surface area contributed by atoms with Crippen LogP contribution < -0.4 is 5.32 Å². The van der Waals surface area contributed by atoms with Gasteiger partial charge in [0, 0.05) is 12.8 Å². The summed E-state index contributed by atoms with van der Waals surface area (Å²) in [7, 11) is 1.22. The van der Waals surface area contributed by atoms with Gasteiger partial charge in [-0.2, -0.15) is 0 Å². The lowest BCUT2D eigenvalue weighted by Crippen LogP contribution is -2.48. The zero-order chi connectivity index (χ0) is 16.1. The first-order valence-corrected chi connectivity index (χ1v) is 7.18. The summed E-state index contributed by atoms with van der Waals surface area (Å²) in [6, 6.07) is 4.58. The number of Topliss-reactive ketones (excluding diaryl/α,β-unsaturated/α-hetero) is 1. The van der Waals surface area contributed by atoms with E-state index in [-0.39, 0.29) is 23.7 Å². The number of hydrogen-bond donors (Lipinski definition) is 1. The third-order valence-electron chi connectivity index (χ3n) is 3.85. The molecule has 0 unspecified atom stereocenters. The highest BCUT2D eigenvalue weighted by atomic mass is 19.1. The number of amides is 1. The zero-order valence-electron chi connectivity index (χ0n) is 12.3. The quantitative estimate of drug-likeness (QED) is 0.862. The van der Waals surface area contributed by atoms with E-state index in [1.807, 2.05) is 0 Å². The first kappa shape index (κ1) is 16.1. The molecule has 2 atom stereocenters. The van der Waals surface area contributed by atoms with E-state index in [1.54, 1.807) is 0 Å². The van der Waals surface area contributed by atoms with Crippen molar-refractivity contribution in [3.8, 4) is 0 Å². The van der Waals surface area contributed by atoms with Crippen molar-refractivity contribution in [1.82, 2.24) is 5.32 Å². The largest absolute Gasteiger partial charge is 0.467 e. The topological polar surface area (TPSA) is 72.5 Å². The van der Waals surface area contributed by atoms with Gasteiger partial charge in [0.05, 0.1) is 12.7 Å². The van der Waals surface area contributed by atoms with Crippen molar-refractivity contribution in [1.29, 1.82) is 0 Å². The molecule has 0 heterocycles. The van der Waals surface area contributed by atoms with Crippen LogP contribution in [0.1, 0.15) is 36.0 Å². The van der Waals surface area contributed by atoms with Gasteiger partial charge in [0.1, 0.15) is 17.6 Å². The van der Waals surface area contributed by atoms with Gasteiger partial charge in [0.25, 0.3) is 5.91 Å². The Hall–Kier alpha value is -2.24. The molecule has 0 radical (unpaired) electrons. The Morgan fingerprint density at radius 2 is 2.09 bits per heavy atom. The van der Waals surface area contributed by atoms with Crippen molar-refractivity contribution in [2.45, 2.75) is 31.7 Å². The van der Waals surface area contributed by atoms with Crippen molar-refractivity contribution in [2.24, 2.45) is 5.92 Å². The van der Waals surface area contributed by atoms with Crippen LogP contribution in [0.15, 0.2) is 24.3 Å². The number of halogens is 1. The lowest BCUT2D eigenvalue weighted by atomic mass is 9.83. The molecule has 22 heavy (non-hydrogen) atoms. The lowest BCUT2D eigenvalue weighted by Gasteiger charge is -2.28. The number of rotatable bonds is 4. The SMILES string of the molecule is COC(=O)[C@H](NC(=O)c1ccccc1F)[C@@H]1CCCC(=O)C1. The van der Waals surface area contributed by atoms with Crippen molar-refractivity contribution < 1.29 is 23.5 Å². The maximum Gasteiger partial charge on any atom is 0.328 e. The molecule has 0 aromatic heterocycles. The van der Waals surface area contributed by atoms with Crippen LogP contribution >= 0.6 is 0 Å². The number of hydrogen-bond acceptors (Lipinski definition) is 4. The average molecular weight is 307 g/mol. The van der Waals surface area contributed by atoms with Crippen LogP contribution in [0.2, 0.25) is 0 Å². The molecule has 0 saturated heterocycles. The maximum absolute atomic E-state index is 13.6. The minimum absolute atomic E-state index is 0.0605. The smallest absolute Gasteiger partial charge is 0.328 e. The molecule has 5 nitrogen and oxygen atoms in total. The normalized spacial score (nSPS) is 19.4. The minimum atomic E-state index is -0.943. The van der Waals surface area contributed by atoms with Crippen LogP contribution in [-0.4, -0.2) is 30.8 Å². The lowest BCUT2D eigenvalue weighted by molar-refractivity contribution is -0.145. The second-order valence-corrected chi connectivity index (χ2v) is 5.35. The van der Waals surface area contributed by atoms with E-state index in [9.17, 15) is 18.8 Å². The van der Waals surface area contributed by atoms with Gasteiger partial charge in [0.2, 0.25) is 0 Å².